The number of hydrogen-bond donors (Lipinski definition) is 3. The van der Waals surface area contributed by atoms with Crippen LogP contribution in [-0.2, 0) is 65.4 Å². The number of carbonyl (C=O) groups excluding carboxylic acids is 4. The molecule has 0 aromatic carbocycles. The van der Waals surface area contributed by atoms with Gasteiger partial charge in [-0.05, 0) is 37.5 Å². The zero-order valence-corrected chi connectivity index (χ0v) is 63.1. The van der Waals surface area contributed by atoms with Crippen LogP contribution in [-0.4, -0.2) is 96.7 Å². The third kappa shape index (κ3) is 67.3. The van der Waals surface area contributed by atoms with E-state index in [-0.39, 0.29) is 25.7 Å². The fraction of sp³-hybridized carbons (Fsp3) is 0.947. The smallest absolute Gasteiger partial charge is 0.462 e. The van der Waals surface area contributed by atoms with Crippen LogP contribution in [0.15, 0.2) is 0 Å². The molecule has 0 aliphatic heterocycles. The molecule has 17 nitrogen and oxygen atoms in total. The van der Waals surface area contributed by atoms with Gasteiger partial charge >= 0.3 is 39.5 Å². The minimum atomic E-state index is -4.95. The van der Waals surface area contributed by atoms with Crippen molar-refractivity contribution in [3.05, 3.63) is 0 Å². The maximum Gasteiger partial charge on any atom is 0.472 e. The minimum absolute atomic E-state index is 0.106. The first kappa shape index (κ1) is 92.1. The van der Waals surface area contributed by atoms with E-state index in [9.17, 15) is 43.2 Å². The van der Waals surface area contributed by atoms with Crippen molar-refractivity contribution >= 4 is 39.5 Å². The first-order chi connectivity index (χ1) is 45.4. The van der Waals surface area contributed by atoms with Gasteiger partial charge in [0.2, 0.25) is 0 Å². The van der Waals surface area contributed by atoms with Crippen molar-refractivity contribution in [2.75, 3.05) is 39.6 Å². The van der Waals surface area contributed by atoms with E-state index in [2.05, 4.69) is 41.5 Å². The van der Waals surface area contributed by atoms with Crippen LogP contribution in [0.1, 0.15) is 388 Å². The number of hydrogen-bond acceptors (Lipinski definition) is 15. The third-order valence-corrected chi connectivity index (χ3v) is 19.7. The normalized spacial score (nSPS) is 14.3. The summed E-state index contributed by atoms with van der Waals surface area (Å²) >= 11 is 0. The molecule has 0 heterocycles. The molecule has 0 amide bonds. The Bertz CT molecular complexity index is 1820. The summed E-state index contributed by atoms with van der Waals surface area (Å²) in [5.74, 6) is -0.475. The Morgan fingerprint density at radius 1 is 0.309 bits per heavy atom. The highest BCUT2D eigenvalue weighted by Crippen LogP contribution is 2.45. The minimum Gasteiger partial charge on any atom is -0.462 e. The predicted octanol–water partition coefficient (Wildman–Crippen LogP) is 21.9. The quantitative estimate of drug-likeness (QED) is 0.0222. The number of unbranched alkanes of at least 4 members (excludes halogenated alkanes) is 43. The molecule has 0 aromatic heterocycles. The average Bonchev–Trinajstić information content (AvgIpc) is 1.70. The summed E-state index contributed by atoms with van der Waals surface area (Å²) < 4.78 is 68.2. The lowest BCUT2D eigenvalue weighted by Gasteiger charge is -2.21. The Balaban J connectivity index is 5.11. The summed E-state index contributed by atoms with van der Waals surface area (Å²) in [5.41, 5.74) is 0. The van der Waals surface area contributed by atoms with Crippen molar-refractivity contribution in [1.29, 1.82) is 0 Å². The van der Waals surface area contributed by atoms with Crippen LogP contribution in [0.3, 0.4) is 0 Å². The molecule has 0 aliphatic rings. The SMILES string of the molecule is CCCCCCCCCCCCCCC(=O)O[C@H](COC(=O)CCCCCCC)COP(=O)(O)OC[C@H](O)COP(=O)(O)OC[C@@H](COC(=O)CCCCCCCCCCCCCCC(C)C)OC(=O)CCCCCCCCCCCCCCCCCCCCC(C)CC. The van der Waals surface area contributed by atoms with Crippen molar-refractivity contribution in [2.45, 2.75) is 407 Å². The number of esters is 4. The number of aliphatic hydroxyl groups excluding tert-OH is 1. The molecule has 94 heavy (non-hydrogen) atoms. The molecule has 0 radical (unpaired) electrons. The molecule has 0 saturated carbocycles. The Hall–Kier alpha value is -1.94. The molecule has 0 aliphatic carbocycles. The number of carbonyl (C=O) groups is 4. The number of aliphatic hydroxyl groups is 1. The molecule has 0 bridgehead atoms. The van der Waals surface area contributed by atoms with Gasteiger partial charge in [0, 0.05) is 25.7 Å². The fourth-order valence-corrected chi connectivity index (χ4v) is 13.0. The molecular weight excluding hydrogens is 1230 g/mol. The summed E-state index contributed by atoms with van der Waals surface area (Å²) in [5, 5.41) is 10.6. The molecule has 0 fully saturated rings. The maximum atomic E-state index is 13.1. The van der Waals surface area contributed by atoms with Crippen molar-refractivity contribution in [3.8, 4) is 0 Å². The molecule has 0 saturated heterocycles. The van der Waals surface area contributed by atoms with Gasteiger partial charge in [-0.2, -0.15) is 0 Å². The van der Waals surface area contributed by atoms with E-state index >= 15 is 0 Å². The Labute approximate surface area is 575 Å². The zero-order chi connectivity index (χ0) is 69.3. The van der Waals surface area contributed by atoms with Gasteiger partial charge in [0.15, 0.2) is 12.2 Å². The highest BCUT2D eigenvalue weighted by atomic mass is 31.2. The van der Waals surface area contributed by atoms with E-state index in [1.807, 2.05) is 0 Å². The Kier molecular flexibility index (Phi) is 65.5. The van der Waals surface area contributed by atoms with Gasteiger partial charge < -0.3 is 33.8 Å². The van der Waals surface area contributed by atoms with Crippen molar-refractivity contribution in [2.24, 2.45) is 11.8 Å². The van der Waals surface area contributed by atoms with E-state index in [1.165, 1.54) is 199 Å². The highest BCUT2D eigenvalue weighted by Gasteiger charge is 2.30. The molecule has 0 spiro atoms. The molecular formula is C75H146O17P2. The number of phosphoric acid groups is 2. The summed E-state index contributed by atoms with van der Waals surface area (Å²) in [6, 6.07) is 0. The standard InChI is InChI=1S/C75H146O17P2/c1-7-10-12-14-15-16-17-30-36-41-47-53-59-74(79)91-70(63-85-72(77)57-51-43-13-11-8-2)65-89-93(81,82)87-61-69(76)62-88-94(83,84)90-66-71(64-86-73(78)58-52-46-40-35-31-27-26-28-33-38-44-49-55-67(4)5)92-75(80)60-54-48-42-37-32-25-23-21-19-18-20-22-24-29-34-39-45-50-56-68(6)9-3/h67-71,76H,7-66H2,1-6H3,(H,81,82)(H,83,84)/t68?,69-,70+,71+/m0/s1. The average molecular weight is 1380 g/mol. The third-order valence-electron chi connectivity index (χ3n) is 17.8. The Morgan fingerprint density at radius 2 is 0.543 bits per heavy atom. The van der Waals surface area contributed by atoms with Crippen LogP contribution in [0.25, 0.3) is 0 Å². The lowest BCUT2D eigenvalue weighted by Crippen LogP contribution is -2.30. The summed E-state index contributed by atoms with van der Waals surface area (Å²) in [4.78, 5) is 72.4. The lowest BCUT2D eigenvalue weighted by molar-refractivity contribution is -0.161. The van der Waals surface area contributed by atoms with Gasteiger partial charge in [0.25, 0.3) is 0 Å². The second-order valence-electron chi connectivity index (χ2n) is 27.8. The van der Waals surface area contributed by atoms with Crippen molar-refractivity contribution < 1.29 is 80.2 Å². The second-order valence-corrected chi connectivity index (χ2v) is 30.7. The van der Waals surface area contributed by atoms with Gasteiger partial charge in [-0.25, -0.2) is 9.13 Å². The number of phosphoric ester groups is 2. The molecule has 558 valence electrons. The lowest BCUT2D eigenvalue weighted by atomic mass is 9.99. The van der Waals surface area contributed by atoms with Crippen molar-refractivity contribution in [1.82, 2.24) is 0 Å². The first-order valence-electron chi connectivity index (χ1n) is 39.0. The largest absolute Gasteiger partial charge is 0.472 e. The maximum absolute atomic E-state index is 13.1. The second kappa shape index (κ2) is 66.9. The zero-order valence-electron chi connectivity index (χ0n) is 61.3. The Morgan fingerprint density at radius 3 is 0.809 bits per heavy atom. The molecule has 3 N–H and O–H groups in total. The van der Waals surface area contributed by atoms with E-state index in [4.69, 9.17) is 37.0 Å². The predicted molar refractivity (Wildman–Crippen MR) is 381 cm³/mol. The monoisotopic (exact) mass is 1380 g/mol. The summed E-state index contributed by atoms with van der Waals surface area (Å²) in [6.07, 6.45) is 54.5. The van der Waals surface area contributed by atoms with Gasteiger partial charge in [0.05, 0.1) is 26.4 Å². The van der Waals surface area contributed by atoms with E-state index in [0.29, 0.717) is 25.7 Å². The highest BCUT2D eigenvalue weighted by molar-refractivity contribution is 7.47. The topological polar surface area (TPSA) is 237 Å². The summed E-state index contributed by atoms with van der Waals surface area (Å²) in [7, 11) is -9.90. The van der Waals surface area contributed by atoms with E-state index < -0.39 is 97.5 Å². The molecule has 0 rings (SSSR count). The van der Waals surface area contributed by atoms with Gasteiger partial charge in [-0.15, -0.1) is 0 Å². The van der Waals surface area contributed by atoms with Gasteiger partial charge in [-0.3, -0.25) is 37.3 Å². The first-order valence-corrected chi connectivity index (χ1v) is 42.0. The molecule has 0 aromatic rings. The van der Waals surface area contributed by atoms with Crippen LogP contribution < -0.4 is 0 Å². The van der Waals surface area contributed by atoms with Crippen LogP contribution in [0.4, 0.5) is 0 Å². The molecule has 6 atom stereocenters. The van der Waals surface area contributed by atoms with Crippen LogP contribution in [0, 0.1) is 11.8 Å². The van der Waals surface area contributed by atoms with Crippen LogP contribution in [0.5, 0.6) is 0 Å². The van der Waals surface area contributed by atoms with E-state index in [1.54, 1.807) is 0 Å². The van der Waals surface area contributed by atoms with Gasteiger partial charge in [-0.1, -0.05) is 337 Å². The number of ether oxygens (including phenoxy) is 4. The van der Waals surface area contributed by atoms with E-state index in [0.717, 1.165) is 108 Å². The van der Waals surface area contributed by atoms with Crippen molar-refractivity contribution in [3.63, 3.8) is 0 Å². The molecule has 19 heteroatoms. The summed E-state index contributed by atoms with van der Waals surface area (Å²) in [6.45, 7) is 9.58. The van der Waals surface area contributed by atoms with Crippen LogP contribution >= 0.6 is 15.6 Å². The number of rotatable bonds is 74. The van der Waals surface area contributed by atoms with Gasteiger partial charge in [0.1, 0.15) is 19.3 Å². The van der Waals surface area contributed by atoms with Crippen LogP contribution in [0.2, 0.25) is 0 Å². The molecule has 3 unspecified atom stereocenters. The fourth-order valence-electron chi connectivity index (χ4n) is 11.4.